The largest absolute Gasteiger partial charge is 0.395 e. The molecule has 3 nitrogen and oxygen atoms in total. The summed E-state index contributed by atoms with van der Waals surface area (Å²) >= 11 is 0. The second kappa shape index (κ2) is 6.01. The van der Waals surface area contributed by atoms with Crippen molar-refractivity contribution in [3.8, 4) is 0 Å². The van der Waals surface area contributed by atoms with Gasteiger partial charge in [0.05, 0.1) is 6.61 Å². The highest BCUT2D eigenvalue weighted by Crippen LogP contribution is 1.80. The summed E-state index contributed by atoms with van der Waals surface area (Å²) in [6.45, 7) is 3.69. The van der Waals surface area contributed by atoms with Crippen molar-refractivity contribution in [2.24, 2.45) is 5.73 Å². The molecule has 56 valence electrons. The lowest BCUT2D eigenvalue weighted by Gasteiger charge is -2.07. The number of aliphatic hydroxyl groups excluding tert-OH is 1. The van der Waals surface area contributed by atoms with Gasteiger partial charge in [-0.2, -0.15) is 0 Å². The lowest BCUT2D eigenvalue weighted by molar-refractivity contribution is 0.290. The fraction of sp³-hybridized carbons (Fsp3) is 1.00. The molecule has 1 atom stereocenters. The van der Waals surface area contributed by atoms with Crippen molar-refractivity contribution in [1.82, 2.24) is 5.32 Å². The molecule has 0 amide bonds. The Bertz CT molecular complexity index is 59.0. The number of nitrogens with one attached hydrogen (secondary N) is 1. The van der Waals surface area contributed by atoms with Crippen LogP contribution < -0.4 is 11.1 Å². The normalized spacial score (nSPS) is 13.7. The van der Waals surface area contributed by atoms with E-state index in [4.69, 9.17) is 10.8 Å². The van der Waals surface area contributed by atoms with E-state index in [9.17, 15) is 0 Å². The van der Waals surface area contributed by atoms with Crippen molar-refractivity contribution in [3.63, 3.8) is 0 Å². The van der Waals surface area contributed by atoms with Crippen molar-refractivity contribution in [2.45, 2.75) is 19.4 Å². The maximum Gasteiger partial charge on any atom is 0.0555 e. The van der Waals surface area contributed by atoms with Gasteiger partial charge in [-0.1, -0.05) is 6.92 Å². The van der Waals surface area contributed by atoms with E-state index < -0.39 is 0 Å². The standard InChI is InChI=1S/C6H16N2O/c1-2-6(7)5-8-3-4-9/h6,8-9H,2-5,7H2,1H3. The first-order valence-corrected chi connectivity index (χ1v) is 3.38. The molecule has 0 saturated heterocycles. The molecule has 0 aliphatic rings. The highest BCUT2D eigenvalue weighted by atomic mass is 16.3. The van der Waals surface area contributed by atoms with E-state index in [0.29, 0.717) is 6.54 Å². The van der Waals surface area contributed by atoms with E-state index in [2.05, 4.69) is 5.32 Å². The first-order valence-electron chi connectivity index (χ1n) is 3.38. The molecule has 0 rings (SSSR count). The molecule has 0 aromatic rings. The minimum atomic E-state index is 0.191. The minimum absolute atomic E-state index is 0.191. The molecule has 0 fully saturated rings. The summed E-state index contributed by atoms with van der Waals surface area (Å²) in [6, 6.07) is 0.233. The van der Waals surface area contributed by atoms with Gasteiger partial charge in [0.25, 0.3) is 0 Å². The number of hydrogen-bond acceptors (Lipinski definition) is 3. The average molecular weight is 132 g/mol. The van der Waals surface area contributed by atoms with Crippen LogP contribution in [0.25, 0.3) is 0 Å². The van der Waals surface area contributed by atoms with Crippen molar-refractivity contribution >= 4 is 0 Å². The first-order chi connectivity index (χ1) is 4.31. The number of aliphatic hydroxyl groups is 1. The Morgan fingerprint density at radius 2 is 2.33 bits per heavy atom. The average Bonchev–Trinajstić information content (AvgIpc) is 1.89. The summed E-state index contributed by atoms with van der Waals surface area (Å²) in [5.74, 6) is 0. The molecular weight excluding hydrogens is 116 g/mol. The van der Waals surface area contributed by atoms with Gasteiger partial charge in [-0.25, -0.2) is 0 Å². The van der Waals surface area contributed by atoms with Crippen LogP contribution in [0.1, 0.15) is 13.3 Å². The maximum atomic E-state index is 8.35. The lowest BCUT2D eigenvalue weighted by atomic mass is 10.2. The fourth-order valence-electron chi connectivity index (χ4n) is 0.511. The van der Waals surface area contributed by atoms with Crippen LogP contribution in [-0.2, 0) is 0 Å². The van der Waals surface area contributed by atoms with Gasteiger partial charge in [0, 0.05) is 19.1 Å². The summed E-state index contributed by atoms with van der Waals surface area (Å²) in [5.41, 5.74) is 5.57. The quantitative estimate of drug-likeness (QED) is 0.434. The zero-order valence-corrected chi connectivity index (χ0v) is 5.93. The molecule has 0 aliphatic heterocycles. The molecule has 4 N–H and O–H groups in total. The third-order valence-corrected chi connectivity index (χ3v) is 1.22. The highest BCUT2D eigenvalue weighted by Gasteiger charge is 1.94. The van der Waals surface area contributed by atoms with Crippen LogP contribution in [0, 0.1) is 0 Å². The topological polar surface area (TPSA) is 58.3 Å². The van der Waals surface area contributed by atoms with Gasteiger partial charge in [0.2, 0.25) is 0 Å². The minimum Gasteiger partial charge on any atom is -0.395 e. The zero-order valence-electron chi connectivity index (χ0n) is 5.93. The Balaban J connectivity index is 2.88. The van der Waals surface area contributed by atoms with E-state index in [1.165, 1.54) is 0 Å². The predicted molar refractivity (Wildman–Crippen MR) is 38.2 cm³/mol. The fourth-order valence-corrected chi connectivity index (χ4v) is 0.511. The Labute approximate surface area is 56.2 Å². The molecule has 3 heteroatoms. The molecule has 0 aliphatic carbocycles. The van der Waals surface area contributed by atoms with Gasteiger partial charge in [-0.05, 0) is 6.42 Å². The highest BCUT2D eigenvalue weighted by molar-refractivity contribution is 4.60. The summed E-state index contributed by atoms with van der Waals surface area (Å²) in [7, 11) is 0. The second-order valence-corrected chi connectivity index (χ2v) is 2.10. The number of nitrogens with two attached hydrogens (primary N) is 1. The van der Waals surface area contributed by atoms with E-state index in [1.54, 1.807) is 0 Å². The Morgan fingerprint density at radius 1 is 1.67 bits per heavy atom. The smallest absolute Gasteiger partial charge is 0.0555 e. The summed E-state index contributed by atoms with van der Waals surface area (Å²) < 4.78 is 0. The molecule has 0 bridgehead atoms. The molecule has 1 unspecified atom stereocenters. The van der Waals surface area contributed by atoms with Gasteiger partial charge >= 0.3 is 0 Å². The SMILES string of the molecule is CCC(N)CNCCO. The van der Waals surface area contributed by atoms with Crippen LogP contribution in [0.3, 0.4) is 0 Å². The molecule has 0 spiro atoms. The molecule has 0 aromatic heterocycles. The molecule has 0 aromatic carbocycles. The molecule has 0 heterocycles. The van der Waals surface area contributed by atoms with E-state index in [-0.39, 0.29) is 12.6 Å². The Kier molecular flexibility index (Phi) is 5.93. The van der Waals surface area contributed by atoms with Crippen molar-refractivity contribution in [3.05, 3.63) is 0 Å². The summed E-state index contributed by atoms with van der Waals surface area (Å²) in [5, 5.41) is 11.4. The monoisotopic (exact) mass is 132 g/mol. The van der Waals surface area contributed by atoms with Crippen LogP contribution in [0.2, 0.25) is 0 Å². The van der Waals surface area contributed by atoms with Crippen molar-refractivity contribution < 1.29 is 5.11 Å². The lowest BCUT2D eigenvalue weighted by Crippen LogP contribution is -2.34. The van der Waals surface area contributed by atoms with E-state index in [1.807, 2.05) is 6.92 Å². The summed E-state index contributed by atoms with van der Waals surface area (Å²) in [4.78, 5) is 0. The van der Waals surface area contributed by atoms with Gasteiger partial charge in [0.15, 0.2) is 0 Å². The molecule has 0 radical (unpaired) electrons. The first kappa shape index (κ1) is 8.88. The number of hydrogen-bond donors (Lipinski definition) is 3. The van der Waals surface area contributed by atoms with Crippen LogP contribution in [0.5, 0.6) is 0 Å². The maximum absolute atomic E-state index is 8.35. The van der Waals surface area contributed by atoms with Gasteiger partial charge in [-0.15, -0.1) is 0 Å². The molecule has 9 heavy (non-hydrogen) atoms. The molecular formula is C6H16N2O. The van der Waals surface area contributed by atoms with Crippen LogP contribution in [-0.4, -0.2) is 30.8 Å². The van der Waals surface area contributed by atoms with Gasteiger partial charge in [-0.3, -0.25) is 0 Å². The van der Waals surface area contributed by atoms with E-state index >= 15 is 0 Å². The molecule has 0 saturated carbocycles. The number of rotatable bonds is 5. The third-order valence-electron chi connectivity index (χ3n) is 1.22. The van der Waals surface area contributed by atoms with Crippen LogP contribution in [0.4, 0.5) is 0 Å². The predicted octanol–water partition coefficient (Wildman–Crippen LogP) is -0.694. The van der Waals surface area contributed by atoms with E-state index in [0.717, 1.165) is 13.0 Å². The summed E-state index contributed by atoms with van der Waals surface area (Å²) in [6.07, 6.45) is 0.985. The van der Waals surface area contributed by atoms with Crippen LogP contribution in [0.15, 0.2) is 0 Å². The van der Waals surface area contributed by atoms with Crippen molar-refractivity contribution in [1.29, 1.82) is 0 Å². The third kappa shape index (κ3) is 5.76. The zero-order chi connectivity index (χ0) is 7.11. The Hall–Kier alpha value is -0.120. The van der Waals surface area contributed by atoms with Gasteiger partial charge < -0.3 is 16.2 Å². The van der Waals surface area contributed by atoms with Crippen molar-refractivity contribution in [2.75, 3.05) is 19.7 Å². The van der Waals surface area contributed by atoms with Gasteiger partial charge in [0.1, 0.15) is 0 Å². The van der Waals surface area contributed by atoms with Crippen LogP contribution >= 0.6 is 0 Å². The Morgan fingerprint density at radius 3 is 2.78 bits per heavy atom. The second-order valence-electron chi connectivity index (χ2n) is 2.10.